The van der Waals surface area contributed by atoms with Gasteiger partial charge in [0.15, 0.2) is 5.82 Å². The van der Waals surface area contributed by atoms with Crippen molar-refractivity contribution in [3.63, 3.8) is 0 Å². The smallest absolute Gasteiger partial charge is 0.213 e. The van der Waals surface area contributed by atoms with Crippen molar-refractivity contribution in [1.82, 2.24) is 29.7 Å². The first kappa shape index (κ1) is 17.7. The lowest BCUT2D eigenvalue weighted by Crippen LogP contribution is -2.02. The molecule has 0 aliphatic carbocycles. The minimum atomic E-state index is -0.678. The van der Waals surface area contributed by atoms with Crippen molar-refractivity contribution in [1.29, 1.82) is 0 Å². The molecule has 4 rings (SSSR count). The average molecular weight is 380 g/mol. The molecule has 3 aromatic heterocycles. The van der Waals surface area contributed by atoms with Crippen molar-refractivity contribution in [2.24, 2.45) is 0 Å². The van der Waals surface area contributed by atoms with E-state index in [4.69, 9.17) is 4.74 Å². The van der Waals surface area contributed by atoms with Gasteiger partial charge < -0.3 is 4.74 Å². The molecule has 0 saturated carbocycles. The van der Waals surface area contributed by atoms with Crippen molar-refractivity contribution < 1.29 is 13.5 Å². The zero-order valence-electron chi connectivity index (χ0n) is 15.0. The Kier molecular flexibility index (Phi) is 4.48. The number of pyridine rings is 1. The van der Waals surface area contributed by atoms with Gasteiger partial charge in [-0.2, -0.15) is 0 Å². The van der Waals surface area contributed by atoms with Crippen molar-refractivity contribution in [2.45, 2.75) is 6.92 Å². The fraction of sp³-hybridized carbons (Fsp3) is 0.105. The Bertz CT molecular complexity index is 1110. The van der Waals surface area contributed by atoms with Gasteiger partial charge in [-0.1, -0.05) is 0 Å². The molecule has 1 aromatic carbocycles. The Morgan fingerprint density at radius 2 is 1.57 bits per heavy atom. The van der Waals surface area contributed by atoms with E-state index in [-0.39, 0.29) is 0 Å². The molecule has 0 amide bonds. The van der Waals surface area contributed by atoms with Crippen molar-refractivity contribution in [3.8, 4) is 34.3 Å². The second kappa shape index (κ2) is 7.10. The largest absolute Gasteiger partial charge is 0.481 e. The summed E-state index contributed by atoms with van der Waals surface area (Å²) in [5, 5.41) is 8.27. The molecular weight excluding hydrogens is 366 g/mol. The molecule has 0 fully saturated rings. The van der Waals surface area contributed by atoms with E-state index in [1.807, 2.05) is 6.07 Å². The summed E-state index contributed by atoms with van der Waals surface area (Å²) >= 11 is 0. The first-order chi connectivity index (χ1) is 13.5. The zero-order chi connectivity index (χ0) is 19.7. The maximum Gasteiger partial charge on any atom is 0.213 e. The number of hydrogen-bond donors (Lipinski definition) is 0. The number of halogens is 2. The van der Waals surface area contributed by atoms with E-state index in [9.17, 15) is 8.78 Å². The van der Waals surface area contributed by atoms with Crippen LogP contribution in [0.2, 0.25) is 0 Å². The van der Waals surface area contributed by atoms with Gasteiger partial charge in [-0.15, -0.1) is 10.2 Å². The average Bonchev–Trinajstić information content (AvgIpc) is 3.09. The summed E-state index contributed by atoms with van der Waals surface area (Å²) in [7, 11) is 1.54. The maximum atomic E-state index is 13.4. The normalized spacial score (nSPS) is 10.9. The van der Waals surface area contributed by atoms with E-state index < -0.39 is 11.6 Å². The van der Waals surface area contributed by atoms with Crippen LogP contribution < -0.4 is 4.74 Å². The van der Waals surface area contributed by atoms with Gasteiger partial charge in [0, 0.05) is 17.7 Å². The fourth-order valence-electron chi connectivity index (χ4n) is 2.76. The number of methoxy groups -OCH3 is 1. The number of ether oxygens (including phenoxy) is 1. The summed E-state index contributed by atoms with van der Waals surface area (Å²) < 4.78 is 33.7. The van der Waals surface area contributed by atoms with Gasteiger partial charge in [-0.3, -0.25) is 9.55 Å². The van der Waals surface area contributed by atoms with E-state index in [1.165, 1.54) is 24.5 Å². The molecule has 0 spiro atoms. The van der Waals surface area contributed by atoms with Gasteiger partial charge >= 0.3 is 0 Å². The van der Waals surface area contributed by atoms with Crippen molar-refractivity contribution >= 4 is 0 Å². The number of nitrogens with zero attached hydrogens (tertiary/aromatic N) is 6. The fourth-order valence-corrected chi connectivity index (χ4v) is 2.76. The van der Waals surface area contributed by atoms with Gasteiger partial charge in [0.05, 0.1) is 37.1 Å². The van der Waals surface area contributed by atoms with E-state index in [2.05, 4.69) is 25.1 Å². The molecule has 0 radical (unpaired) electrons. The highest BCUT2D eigenvalue weighted by Crippen LogP contribution is 2.24. The van der Waals surface area contributed by atoms with Crippen LogP contribution in [0.5, 0.6) is 5.88 Å². The van der Waals surface area contributed by atoms with Gasteiger partial charge in [-0.05, 0) is 25.1 Å². The number of rotatable bonds is 4. The zero-order valence-corrected chi connectivity index (χ0v) is 15.0. The quantitative estimate of drug-likeness (QED) is 0.540. The summed E-state index contributed by atoms with van der Waals surface area (Å²) in [6.45, 7) is 1.80. The van der Waals surface area contributed by atoms with Crippen LogP contribution in [0.25, 0.3) is 28.5 Å². The third-order valence-electron chi connectivity index (χ3n) is 4.05. The molecule has 28 heavy (non-hydrogen) atoms. The van der Waals surface area contributed by atoms with Crippen LogP contribution in [0.4, 0.5) is 8.78 Å². The SMILES string of the molecule is COc1ccc(-n2c(C)nnc2-c2cnc(-c3cc(F)cc(F)c3)cn2)cn1. The molecule has 0 unspecified atom stereocenters. The topological polar surface area (TPSA) is 78.6 Å². The van der Waals surface area contributed by atoms with Gasteiger partial charge in [0.1, 0.15) is 23.2 Å². The van der Waals surface area contributed by atoms with Crippen LogP contribution in [-0.4, -0.2) is 36.8 Å². The van der Waals surface area contributed by atoms with Gasteiger partial charge in [0.2, 0.25) is 5.88 Å². The first-order valence-corrected chi connectivity index (χ1v) is 8.26. The molecular formula is C19H14F2N6O. The molecule has 7 nitrogen and oxygen atoms in total. The molecule has 0 bridgehead atoms. The summed E-state index contributed by atoms with van der Waals surface area (Å²) in [5.41, 5.74) is 1.83. The summed E-state index contributed by atoms with van der Waals surface area (Å²) in [6, 6.07) is 6.75. The minimum Gasteiger partial charge on any atom is -0.481 e. The number of benzene rings is 1. The van der Waals surface area contributed by atoms with Crippen molar-refractivity contribution in [3.05, 3.63) is 66.4 Å². The Morgan fingerprint density at radius 3 is 2.18 bits per heavy atom. The van der Waals surface area contributed by atoms with Crippen LogP contribution in [0, 0.1) is 18.6 Å². The Labute approximate surface area is 158 Å². The minimum absolute atomic E-state index is 0.300. The van der Waals surface area contributed by atoms with Crippen LogP contribution in [0.15, 0.2) is 48.9 Å². The molecule has 0 saturated heterocycles. The Hall–Kier alpha value is -3.75. The van der Waals surface area contributed by atoms with Gasteiger partial charge in [0.25, 0.3) is 0 Å². The predicted octanol–water partition coefficient (Wildman–Crippen LogP) is 3.38. The van der Waals surface area contributed by atoms with Crippen molar-refractivity contribution in [2.75, 3.05) is 7.11 Å². The summed E-state index contributed by atoms with van der Waals surface area (Å²) in [6.07, 6.45) is 4.55. The third kappa shape index (κ3) is 3.29. The lowest BCUT2D eigenvalue weighted by molar-refractivity contribution is 0.398. The maximum absolute atomic E-state index is 13.4. The Balaban J connectivity index is 1.72. The molecule has 3 heterocycles. The number of aromatic nitrogens is 6. The lowest BCUT2D eigenvalue weighted by Gasteiger charge is -2.09. The molecule has 0 aliphatic rings. The third-order valence-corrected chi connectivity index (χ3v) is 4.05. The standard InChI is InChI=1S/C19H14F2N6O/c1-11-25-26-19(27(11)15-3-4-18(28-2)24-8-15)17-10-22-16(9-23-17)12-5-13(20)7-14(21)6-12/h3-10H,1-2H3. The molecule has 140 valence electrons. The van der Waals surface area contributed by atoms with Crippen LogP contribution in [-0.2, 0) is 0 Å². The van der Waals surface area contributed by atoms with Gasteiger partial charge in [-0.25, -0.2) is 18.7 Å². The monoisotopic (exact) mass is 380 g/mol. The van der Waals surface area contributed by atoms with Crippen LogP contribution >= 0.6 is 0 Å². The predicted molar refractivity (Wildman–Crippen MR) is 96.8 cm³/mol. The lowest BCUT2D eigenvalue weighted by atomic mass is 10.1. The second-order valence-electron chi connectivity index (χ2n) is 5.91. The molecule has 9 heteroatoms. The molecule has 0 atom stereocenters. The molecule has 0 N–H and O–H groups in total. The Morgan fingerprint density at radius 1 is 0.857 bits per heavy atom. The molecule has 4 aromatic rings. The highest BCUT2D eigenvalue weighted by molar-refractivity contribution is 5.61. The summed E-state index contributed by atoms with van der Waals surface area (Å²) in [5.74, 6) is 0.239. The second-order valence-corrected chi connectivity index (χ2v) is 5.91. The molecule has 0 aliphatic heterocycles. The first-order valence-electron chi connectivity index (χ1n) is 8.26. The van der Waals surface area contributed by atoms with E-state index in [0.29, 0.717) is 34.5 Å². The van der Waals surface area contributed by atoms with E-state index in [0.717, 1.165) is 11.8 Å². The van der Waals surface area contributed by atoms with E-state index >= 15 is 0 Å². The highest BCUT2D eigenvalue weighted by Gasteiger charge is 2.15. The highest BCUT2D eigenvalue weighted by atomic mass is 19.1. The summed E-state index contributed by atoms with van der Waals surface area (Å²) in [4.78, 5) is 12.8. The van der Waals surface area contributed by atoms with Crippen LogP contribution in [0.1, 0.15) is 5.82 Å². The van der Waals surface area contributed by atoms with Crippen LogP contribution in [0.3, 0.4) is 0 Å². The number of hydrogen-bond acceptors (Lipinski definition) is 6. The van der Waals surface area contributed by atoms with E-state index in [1.54, 1.807) is 30.9 Å². The number of aryl methyl sites for hydroxylation is 1.